The first-order valence-corrected chi connectivity index (χ1v) is 4.20. The second-order valence-corrected chi connectivity index (χ2v) is 3.26. The van der Waals surface area contributed by atoms with E-state index < -0.39 is 11.8 Å². The van der Waals surface area contributed by atoms with Gasteiger partial charge < -0.3 is 14.3 Å². The van der Waals surface area contributed by atoms with Crippen molar-refractivity contribution in [3.63, 3.8) is 0 Å². The molecule has 0 amide bonds. The van der Waals surface area contributed by atoms with Crippen LogP contribution in [0.1, 0.15) is 34.1 Å². The fourth-order valence-electron chi connectivity index (χ4n) is 1.07. The molecule has 0 saturated carbocycles. The standard InChI is InChI=1S/C9H16O4/c1-7(2)12-9(4,5-6-10)13-8(3)11/h6-7H,5H2,1-4H3. The molecule has 76 valence electrons. The maximum atomic E-state index is 10.7. The summed E-state index contributed by atoms with van der Waals surface area (Å²) in [5.74, 6) is -1.58. The highest BCUT2D eigenvalue weighted by atomic mass is 16.7. The predicted octanol–water partition coefficient (Wildman–Crippen LogP) is 1.28. The Kier molecular flexibility index (Phi) is 4.62. The van der Waals surface area contributed by atoms with Crippen LogP contribution < -0.4 is 0 Å². The molecule has 0 aliphatic carbocycles. The van der Waals surface area contributed by atoms with Gasteiger partial charge in [0.1, 0.15) is 6.29 Å². The average Bonchev–Trinajstić information content (AvgIpc) is 1.81. The minimum Gasteiger partial charge on any atom is -0.433 e. The van der Waals surface area contributed by atoms with Gasteiger partial charge in [-0.15, -0.1) is 0 Å². The summed E-state index contributed by atoms with van der Waals surface area (Å²) < 4.78 is 10.2. The molecule has 4 heteroatoms. The number of hydrogen-bond donors (Lipinski definition) is 0. The third-order valence-electron chi connectivity index (χ3n) is 1.30. The SMILES string of the molecule is CC(=O)OC(C)(CC=O)OC(C)C. The first kappa shape index (κ1) is 12.1. The molecule has 0 aliphatic heterocycles. The van der Waals surface area contributed by atoms with Crippen molar-refractivity contribution in [1.29, 1.82) is 0 Å². The van der Waals surface area contributed by atoms with Crippen LogP contribution in [0.15, 0.2) is 0 Å². The van der Waals surface area contributed by atoms with E-state index >= 15 is 0 Å². The second kappa shape index (κ2) is 4.97. The molecule has 1 atom stereocenters. The van der Waals surface area contributed by atoms with Crippen molar-refractivity contribution < 1.29 is 19.1 Å². The van der Waals surface area contributed by atoms with Crippen molar-refractivity contribution in [2.75, 3.05) is 0 Å². The summed E-state index contributed by atoms with van der Waals surface area (Å²) in [4.78, 5) is 21.0. The number of ether oxygens (including phenoxy) is 2. The van der Waals surface area contributed by atoms with E-state index in [1.54, 1.807) is 6.92 Å². The Balaban J connectivity index is 4.31. The lowest BCUT2D eigenvalue weighted by Crippen LogP contribution is -2.37. The summed E-state index contributed by atoms with van der Waals surface area (Å²) in [5, 5.41) is 0. The van der Waals surface area contributed by atoms with Crippen molar-refractivity contribution in [2.45, 2.75) is 46.0 Å². The maximum Gasteiger partial charge on any atom is 0.305 e. The van der Waals surface area contributed by atoms with Gasteiger partial charge in [-0.25, -0.2) is 0 Å². The molecule has 0 aliphatic rings. The van der Waals surface area contributed by atoms with Crippen molar-refractivity contribution >= 4 is 12.3 Å². The van der Waals surface area contributed by atoms with Crippen LogP contribution in [0.3, 0.4) is 0 Å². The van der Waals surface area contributed by atoms with E-state index in [4.69, 9.17) is 9.47 Å². The van der Waals surface area contributed by atoms with Gasteiger partial charge in [-0.2, -0.15) is 0 Å². The molecule has 0 N–H and O–H groups in total. The molecule has 0 rings (SSSR count). The van der Waals surface area contributed by atoms with Crippen LogP contribution in [-0.4, -0.2) is 24.1 Å². The Morgan fingerprint density at radius 2 is 2.08 bits per heavy atom. The number of hydrogen-bond acceptors (Lipinski definition) is 4. The molecule has 0 saturated heterocycles. The molecule has 13 heavy (non-hydrogen) atoms. The molecule has 0 radical (unpaired) electrons. The largest absolute Gasteiger partial charge is 0.433 e. The van der Waals surface area contributed by atoms with Crippen LogP contribution in [0.5, 0.6) is 0 Å². The van der Waals surface area contributed by atoms with Crippen LogP contribution in [0.2, 0.25) is 0 Å². The first-order chi connectivity index (χ1) is 5.89. The zero-order chi connectivity index (χ0) is 10.5. The monoisotopic (exact) mass is 188 g/mol. The van der Waals surface area contributed by atoms with Gasteiger partial charge in [0.25, 0.3) is 0 Å². The first-order valence-electron chi connectivity index (χ1n) is 4.20. The van der Waals surface area contributed by atoms with E-state index in [1.807, 2.05) is 13.8 Å². The summed E-state index contributed by atoms with van der Waals surface area (Å²) in [6, 6.07) is 0. The summed E-state index contributed by atoms with van der Waals surface area (Å²) >= 11 is 0. The summed E-state index contributed by atoms with van der Waals surface area (Å²) in [6.45, 7) is 6.48. The molecule has 4 nitrogen and oxygen atoms in total. The fourth-order valence-corrected chi connectivity index (χ4v) is 1.07. The zero-order valence-electron chi connectivity index (χ0n) is 8.49. The van der Waals surface area contributed by atoms with Gasteiger partial charge in [0, 0.05) is 13.8 Å². The quantitative estimate of drug-likeness (QED) is 0.370. The summed E-state index contributed by atoms with van der Waals surface area (Å²) in [6.07, 6.45) is 0.625. The molecule has 0 aromatic rings. The molecule has 0 aromatic carbocycles. The second-order valence-electron chi connectivity index (χ2n) is 3.26. The van der Waals surface area contributed by atoms with Crippen molar-refractivity contribution in [3.05, 3.63) is 0 Å². The lowest BCUT2D eigenvalue weighted by Gasteiger charge is -2.29. The molecule has 0 spiro atoms. The van der Waals surface area contributed by atoms with Gasteiger partial charge in [-0.3, -0.25) is 4.79 Å². The predicted molar refractivity (Wildman–Crippen MR) is 47.1 cm³/mol. The van der Waals surface area contributed by atoms with E-state index in [0.29, 0.717) is 6.29 Å². The fraction of sp³-hybridized carbons (Fsp3) is 0.778. The van der Waals surface area contributed by atoms with Crippen LogP contribution in [0, 0.1) is 0 Å². The molecular formula is C9H16O4. The molecule has 0 heterocycles. The topological polar surface area (TPSA) is 52.6 Å². The lowest BCUT2D eigenvalue weighted by atomic mass is 10.2. The Labute approximate surface area is 78.2 Å². The van der Waals surface area contributed by atoms with Gasteiger partial charge in [-0.05, 0) is 13.8 Å². The number of carbonyl (C=O) groups is 2. The highest BCUT2D eigenvalue weighted by molar-refractivity contribution is 5.67. The maximum absolute atomic E-state index is 10.7. The molecule has 1 unspecified atom stereocenters. The highest BCUT2D eigenvalue weighted by Crippen LogP contribution is 2.18. The smallest absolute Gasteiger partial charge is 0.305 e. The Bertz CT molecular complexity index is 188. The highest BCUT2D eigenvalue weighted by Gasteiger charge is 2.29. The Morgan fingerprint density at radius 1 is 1.54 bits per heavy atom. The zero-order valence-corrected chi connectivity index (χ0v) is 8.49. The van der Waals surface area contributed by atoms with Gasteiger partial charge >= 0.3 is 5.97 Å². The van der Waals surface area contributed by atoms with E-state index in [9.17, 15) is 9.59 Å². The molecule has 0 bridgehead atoms. The van der Waals surface area contributed by atoms with Crippen LogP contribution in [0.25, 0.3) is 0 Å². The molecule has 0 fully saturated rings. The molecule has 0 aromatic heterocycles. The van der Waals surface area contributed by atoms with Crippen molar-refractivity contribution in [3.8, 4) is 0 Å². The lowest BCUT2D eigenvalue weighted by molar-refractivity contribution is -0.234. The van der Waals surface area contributed by atoms with Crippen molar-refractivity contribution in [2.24, 2.45) is 0 Å². The minimum absolute atomic E-state index is 0.0464. The third-order valence-corrected chi connectivity index (χ3v) is 1.30. The Morgan fingerprint density at radius 3 is 2.38 bits per heavy atom. The van der Waals surface area contributed by atoms with Crippen LogP contribution in [0.4, 0.5) is 0 Å². The number of esters is 1. The van der Waals surface area contributed by atoms with E-state index in [0.717, 1.165) is 0 Å². The third kappa shape index (κ3) is 5.36. The minimum atomic E-state index is -1.12. The van der Waals surface area contributed by atoms with Gasteiger partial charge in [-0.1, -0.05) is 0 Å². The van der Waals surface area contributed by atoms with E-state index in [1.165, 1.54) is 6.92 Å². The van der Waals surface area contributed by atoms with Gasteiger partial charge in [0.2, 0.25) is 5.79 Å². The normalized spacial score (nSPS) is 15.2. The summed E-state index contributed by atoms with van der Waals surface area (Å²) in [5.41, 5.74) is 0. The molecular weight excluding hydrogens is 172 g/mol. The Hall–Kier alpha value is -0.900. The number of rotatable bonds is 5. The van der Waals surface area contributed by atoms with E-state index in [2.05, 4.69) is 0 Å². The van der Waals surface area contributed by atoms with Gasteiger partial charge in [0.05, 0.1) is 12.5 Å². The van der Waals surface area contributed by atoms with Crippen LogP contribution >= 0.6 is 0 Å². The number of carbonyl (C=O) groups excluding carboxylic acids is 2. The summed E-state index contributed by atoms with van der Waals surface area (Å²) in [7, 11) is 0. The number of aldehydes is 1. The van der Waals surface area contributed by atoms with Gasteiger partial charge in [0.15, 0.2) is 0 Å². The average molecular weight is 188 g/mol. The van der Waals surface area contributed by atoms with Crippen LogP contribution in [-0.2, 0) is 19.1 Å². The van der Waals surface area contributed by atoms with Crippen molar-refractivity contribution in [1.82, 2.24) is 0 Å². The van der Waals surface area contributed by atoms with E-state index in [-0.39, 0.29) is 12.5 Å².